The third-order valence-electron chi connectivity index (χ3n) is 1.65. The van der Waals surface area contributed by atoms with E-state index in [1.165, 1.54) is 12.4 Å². The van der Waals surface area contributed by atoms with E-state index in [4.69, 9.17) is 5.11 Å². The fourth-order valence-corrected chi connectivity index (χ4v) is 1.71. The Hall–Kier alpha value is -1.75. The Morgan fingerprint density at radius 3 is 2.57 bits per heavy atom. The Bertz CT molecular complexity index is 436. The zero-order valence-electron chi connectivity index (χ0n) is 7.04. The molecular weight excluding hydrogens is 200 g/mol. The van der Waals surface area contributed by atoms with Crippen molar-refractivity contribution in [3.63, 3.8) is 0 Å². The Morgan fingerprint density at radius 2 is 2.07 bits per heavy atom. The normalized spacial score (nSPS) is 10.0. The van der Waals surface area contributed by atoms with Gasteiger partial charge >= 0.3 is 5.97 Å². The number of rotatable bonds is 2. The first-order chi connectivity index (χ1) is 6.77. The van der Waals surface area contributed by atoms with Crippen molar-refractivity contribution < 1.29 is 9.90 Å². The summed E-state index contributed by atoms with van der Waals surface area (Å²) in [5.74, 6) is -1.28. The van der Waals surface area contributed by atoms with Crippen LogP contribution < -0.4 is 0 Å². The molecule has 0 radical (unpaired) electrons. The topological polar surface area (TPSA) is 63.1 Å². The molecule has 0 unspecified atom stereocenters. The minimum atomic E-state index is -1.11. The molecule has 0 spiro atoms. The number of carboxylic acid groups (broad SMARTS) is 1. The van der Waals surface area contributed by atoms with E-state index in [2.05, 4.69) is 9.97 Å². The smallest absolute Gasteiger partial charge is 0.373 e. The van der Waals surface area contributed by atoms with Gasteiger partial charge in [0.25, 0.3) is 0 Å². The maximum absolute atomic E-state index is 10.5. The molecule has 2 rings (SSSR count). The molecule has 0 amide bonds. The van der Waals surface area contributed by atoms with Gasteiger partial charge in [0.15, 0.2) is 0 Å². The third-order valence-corrected chi connectivity index (χ3v) is 2.57. The predicted octanol–water partition coefficient (Wildman–Crippen LogP) is 1.90. The van der Waals surface area contributed by atoms with Crippen LogP contribution in [0.1, 0.15) is 10.6 Å². The molecule has 14 heavy (non-hydrogen) atoms. The van der Waals surface area contributed by atoms with E-state index >= 15 is 0 Å². The lowest BCUT2D eigenvalue weighted by Crippen LogP contribution is -2.02. The second-order valence-corrected chi connectivity index (χ2v) is 3.53. The largest absolute Gasteiger partial charge is 0.475 e. The molecule has 0 atom stereocenters. The van der Waals surface area contributed by atoms with Crippen LogP contribution in [-0.2, 0) is 0 Å². The van der Waals surface area contributed by atoms with Gasteiger partial charge in [-0.05, 0) is 11.4 Å². The Labute approximate surface area is 83.9 Å². The van der Waals surface area contributed by atoms with Gasteiger partial charge in [-0.2, -0.15) is 0 Å². The Balaban J connectivity index is 2.36. The van der Waals surface area contributed by atoms with Gasteiger partial charge in [-0.3, -0.25) is 0 Å². The summed E-state index contributed by atoms with van der Waals surface area (Å²) in [6.07, 6.45) is 3.03. The van der Waals surface area contributed by atoms with Crippen molar-refractivity contribution in [2.24, 2.45) is 0 Å². The van der Waals surface area contributed by atoms with Crippen LogP contribution in [0.25, 0.3) is 10.4 Å². The lowest BCUT2D eigenvalue weighted by Gasteiger charge is -1.96. The second kappa shape index (κ2) is 3.55. The lowest BCUT2D eigenvalue weighted by atomic mass is 10.3. The maximum atomic E-state index is 10.5. The second-order valence-electron chi connectivity index (χ2n) is 2.58. The van der Waals surface area contributed by atoms with Gasteiger partial charge in [0.05, 0.1) is 0 Å². The summed E-state index contributed by atoms with van der Waals surface area (Å²) in [7, 11) is 0. The summed E-state index contributed by atoms with van der Waals surface area (Å²) in [4.78, 5) is 19.0. The molecule has 5 heteroatoms. The molecule has 0 aromatic carbocycles. The molecule has 0 saturated carbocycles. The summed E-state index contributed by atoms with van der Waals surface area (Å²) >= 11 is 1.56. The third kappa shape index (κ3) is 1.62. The summed E-state index contributed by atoms with van der Waals surface area (Å²) in [6, 6.07) is 3.86. The van der Waals surface area contributed by atoms with Crippen molar-refractivity contribution in [2.75, 3.05) is 0 Å². The van der Waals surface area contributed by atoms with Gasteiger partial charge in [-0.15, -0.1) is 11.3 Å². The monoisotopic (exact) mass is 206 g/mol. The number of aromatic carboxylic acids is 1. The van der Waals surface area contributed by atoms with Gasteiger partial charge in [0, 0.05) is 22.8 Å². The minimum absolute atomic E-state index is 0.176. The first-order valence-corrected chi connectivity index (χ1v) is 4.74. The fraction of sp³-hybridized carbons (Fsp3) is 0. The fourth-order valence-electron chi connectivity index (χ4n) is 1.01. The summed E-state index contributed by atoms with van der Waals surface area (Å²) < 4.78 is 0. The molecule has 4 nitrogen and oxygen atoms in total. The van der Waals surface area contributed by atoms with Crippen molar-refractivity contribution in [3.8, 4) is 10.4 Å². The summed E-state index contributed by atoms with van der Waals surface area (Å²) in [5.41, 5.74) is 0.838. The van der Waals surface area contributed by atoms with Crippen LogP contribution in [0.5, 0.6) is 0 Å². The average molecular weight is 206 g/mol. The van der Waals surface area contributed by atoms with Crippen LogP contribution in [0.2, 0.25) is 0 Å². The quantitative estimate of drug-likeness (QED) is 0.815. The highest BCUT2D eigenvalue weighted by Crippen LogP contribution is 2.22. The predicted molar refractivity (Wildman–Crippen MR) is 52.3 cm³/mol. The molecular formula is C9H6N2O2S. The van der Waals surface area contributed by atoms with E-state index in [9.17, 15) is 4.79 Å². The molecule has 1 N–H and O–H groups in total. The SMILES string of the molecule is O=C(O)c1ncc(-c2cccs2)cn1. The van der Waals surface area contributed by atoms with Gasteiger partial charge < -0.3 is 5.11 Å². The van der Waals surface area contributed by atoms with Gasteiger partial charge in [0.2, 0.25) is 5.82 Å². The highest BCUT2D eigenvalue weighted by Gasteiger charge is 2.06. The number of hydrogen-bond donors (Lipinski definition) is 1. The van der Waals surface area contributed by atoms with Crippen LogP contribution >= 0.6 is 11.3 Å². The molecule has 0 aliphatic heterocycles. The molecule has 2 heterocycles. The summed E-state index contributed by atoms with van der Waals surface area (Å²) in [5, 5.41) is 10.5. The van der Waals surface area contributed by atoms with Crippen molar-refractivity contribution in [1.82, 2.24) is 9.97 Å². The van der Waals surface area contributed by atoms with Crippen LogP contribution in [0.4, 0.5) is 0 Å². The van der Waals surface area contributed by atoms with Crippen molar-refractivity contribution in [1.29, 1.82) is 0 Å². The Kier molecular flexibility index (Phi) is 2.24. The minimum Gasteiger partial charge on any atom is -0.475 e. The van der Waals surface area contributed by atoms with Crippen LogP contribution in [0.3, 0.4) is 0 Å². The number of carbonyl (C=O) groups is 1. The van der Waals surface area contributed by atoms with Crippen LogP contribution in [0, 0.1) is 0 Å². The molecule has 0 saturated heterocycles. The van der Waals surface area contributed by atoms with E-state index in [0.717, 1.165) is 10.4 Å². The van der Waals surface area contributed by atoms with Gasteiger partial charge in [-0.1, -0.05) is 6.07 Å². The van der Waals surface area contributed by atoms with Crippen molar-refractivity contribution in [3.05, 3.63) is 35.7 Å². The molecule has 0 aliphatic carbocycles. The van der Waals surface area contributed by atoms with Gasteiger partial charge in [-0.25, -0.2) is 14.8 Å². The summed E-state index contributed by atoms with van der Waals surface area (Å²) in [6.45, 7) is 0. The first-order valence-electron chi connectivity index (χ1n) is 3.86. The molecule has 0 aliphatic rings. The zero-order valence-corrected chi connectivity index (χ0v) is 7.86. The molecule has 0 fully saturated rings. The molecule has 2 aromatic rings. The average Bonchev–Trinajstić information content (AvgIpc) is 2.71. The highest BCUT2D eigenvalue weighted by molar-refractivity contribution is 7.13. The Morgan fingerprint density at radius 1 is 1.36 bits per heavy atom. The highest BCUT2D eigenvalue weighted by atomic mass is 32.1. The van der Waals surface area contributed by atoms with Crippen molar-refractivity contribution >= 4 is 17.3 Å². The first kappa shape index (κ1) is 8.83. The number of hydrogen-bond acceptors (Lipinski definition) is 4. The van der Waals surface area contributed by atoms with E-state index in [1.807, 2.05) is 17.5 Å². The number of thiophene rings is 1. The van der Waals surface area contributed by atoms with Gasteiger partial charge in [0.1, 0.15) is 0 Å². The van der Waals surface area contributed by atoms with E-state index in [0.29, 0.717) is 0 Å². The number of aromatic nitrogens is 2. The zero-order chi connectivity index (χ0) is 9.97. The van der Waals surface area contributed by atoms with Crippen LogP contribution in [-0.4, -0.2) is 21.0 Å². The number of carboxylic acids is 1. The van der Waals surface area contributed by atoms with E-state index in [-0.39, 0.29) is 5.82 Å². The van der Waals surface area contributed by atoms with E-state index < -0.39 is 5.97 Å². The lowest BCUT2D eigenvalue weighted by molar-refractivity contribution is 0.0683. The number of nitrogens with zero attached hydrogens (tertiary/aromatic N) is 2. The molecule has 70 valence electrons. The van der Waals surface area contributed by atoms with E-state index in [1.54, 1.807) is 11.3 Å². The van der Waals surface area contributed by atoms with Crippen LogP contribution in [0.15, 0.2) is 29.9 Å². The molecule has 2 aromatic heterocycles. The molecule has 0 bridgehead atoms. The maximum Gasteiger partial charge on any atom is 0.373 e. The standard InChI is InChI=1S/C9H6N2O2S/c12-9(13)8-10-4-6(5-11-8)7-2-1-3-14-7/h1-5H,(H,12,13). The van der Waals surface area contributed by atoms with Crippen molar-refractivity contribution in [2.45, 2.75) is 0 Å².